The summed E-state index contributed by atoms with van der Waals surface area (Å²) in [5, 5.41) is 14.6. The Kier molecular flexibility index (Phi) is 7.06. The fourth-order valence-corrected chi connectivity index (χ4v) is 5.24. The summed E-state index contributed by atoms with van der Waals surface area (Å²) in [5.41, 5.74) is 8.34. The second-order valence-corrected chi connectivity index (χ2v) is 9.56. The van der Waals surface area contributed by atoms with Crippen LogP contribution in [0.4, 0.5) is 27.9 Å². The van der Waals surface area contributed by atoms with Crippen molar-refractivity contribution in [3.8, 4) is 0 Å². The number of hydrogen-bond acceptors (Lipinski definition) is 7. The Morgan fingerprint density at radius 2 is 1.88 bits per heavy atom. The number of nitro benzene ring substituents is 1. The van der Waals surface area contributed by atoms with Crippen LogP contribution in [-0.2, 0) is 12.8 Å². The molecule has 1 aromatic carbocycles. The molecule has 34 heavy (non-hydrogen) atoms. The number of benzene rings is 1. The van der Waals surface area contributed by atoms with Crippen molar-refractivity contribution in [2.75, 3.05) is 29.2 Å². The van der Waals surface area contributed by atoms with E-state index in [4.69, 9.17) is 27.3 Å². The first-order valence-electron chi connectivity index (χ1n) is 11.6. The third-order valence-electron chi connectivity index (χ3n) is 6.62. The van der Waals surface area contributed by atoms with Crippen LogP contribution in [0.5, 0.6) is 0 Å². The average Bonchev–Trinajstić information content (AvgIpc) is 2.80. The first kappa shape index (κ1) is 24.0. The number of urea groups is 1. The van der Waals surface area contributed by atoms with Gasteiger partial charge in [-0.05, 0) is 57.4 Å². The van der Waals surface area contributed by atoms with Crippen LogP contribution in [0.25, 0.3) is 0 Å². The molecule has 2 aliphatic rings. The van der Waals surface area contributed by atoms with E-state index in [-0.39, 0.29) is 22.8 Å². The molecule has 2 aromatic rings. The Morgan fingerprint density at radius 1 is 1.18 bits per heavy atom. The average molecular weight is 488 g/mol. The highest BCUT2D eigenvalue weighted by molar-refractivity contribution is 6.34. The predicted molar refractivity (Wildman–Crippen MR) is 133 cm³/mol. The zero-order valence-electron chi connectivity index (χ0n) is 19.5. The summed E-state index contributed by atoms with van der Waals surface area (Å²) in [6.45, 7) is 0. The number of aromatic nitrogens is 2. The highest BCUT2D eigenvalue weighted by Crippen LogP contribution is 2.35. The Hall–Kier alpha value is -3.14. The number of halogens is 1. The lowest BCUT2D eigenvalue weighted by Crippen LogP contribution is -2.47. The van der Waals surface area contributed by atoms with Gasteiger partial charge in [0.25, 0.3) is 5.69 Å². The number of primary amides is 1. The topological polar surface area (TPSA) is 131 Å². The number of nitrogens with one attached hydrogen (secondary N) is 1. The molecule has 0 spiro atoms. The SMILES string of the molecule is CN(C)c1nc(NC2CCC(N(C(N)=O)c3ccc([N+](=O)[O-])cc3Cl)CC2)nc2c1CCCC2. The van der Waals surface area contributed by atoms with Gasteiger partial charge in [0.05, 0.1) is 21.3 Å². The van der Waals surface area contributed by atoms with Gasteiger partial charge >= 0.3 is 6.03 Å². The molecule has 0 bridgehead atoms. The Bertz CT molecular complexity index is 1090. The number of nitrogens with zero attached hydrogens (tertiary/aromatic N) is 5. The summed E-state index contributed by atoms with van der Waals surface area (Å²) in [5.74, 6) is 1.63. The number of hydrogen-bond donors (Lipinski definition) is 2. The Balaban J connectivity index is 1.46. The van der Waals surface area contributed by atoms with Gasteiger partial charge in [-0.1, -0.05) is 11.6 Å². The number of aryl methyl sites for hydroxylation is 1. The molecular weight excluding hydrogens is 458 g/mol. The number of nitrogens with two attached hydrogens (primary N) is 1. The minimum atomic E-state index is -0.624. The van der Waals surface area contributed by atoms with E-state index in [1.54, 1.807) is 0 Å². The lowest BCUT2D eigenvalue weighted by atomic mass is 9.90. The van der Waals surface area contributed by atoms with E-state index >= 15 is 0 Å². The monoisotopic (exact) mass is 487 g/mol. The van der Waals surface area contributed by atoms with Crippen LogP contribution in [-0.4, -0.2) is 47.1 Å². The number of non-ortho nitro benzene ring substituents is 1. The van der Waals surface area contributed by atoms with Gasteiger partial charge in [-0.3, -0.25) is 15.0 Å². The van der Waals surface area contributed by atoms with Crippen LogP contribution in [0.15, 0.2) is 18.2 Å². The lowest BCUT2D eigenvalue weighted by molar-refractivity contribution is -0.384. The van der Waals surface area contributed by atoms with Gasteiger partial charge in [-0.25, -0.2) is 9.78 Å². The number of nitro groups is 1. The van der Waals surface area contributed by atoms with Crippen LogP contribution >= 0.6 is 11.6 Å². The molecule has 0 aliphatic heterocycles. The molecular formula is C23H30ClN7O3. The molecule has 0 saturated heterocycles. The number of rotatable bonds is 6. The van der Waals surface area contributed by atoms with Crippen molar-refractivity contribution in [1.29, 1.82) is 0 Å². The van der Waals surface area contributed by atoms with Gasteiger partial charge < -0.3 is 16.0 Å². The number of fused-ring (bicyclic) bond motifs is 1. The second-order valence-electron chi connectivity index (χ2n) is 9.15. The predicted octanol–water partition coefficient (Wildman–Crippen LogP) is 4.29. The molecule has 182 valence electrons. The lowest BCUT2D eigenvalue weighted by Gasteiger charge is -2.36. The molecule has 2 amide bonds. The van der Waals surface area contributed by atoms with Crippen molar-refractivity contribution in [2.45, 2.75) is 63.5 Å². The normalized spacial score (nSPS) is 19.7. The van der Waals surface area contributed by atoms with Crippen molar-refractivity contribution in [1.82, 2.24) is 9.97 Å². The molecule has 1 heterocycles. The standard InChI is InChI=1S/C23H30ClN7O3/c1-29(2)21-17-5-3-4-6-19(17)27-23(28-21)26-14-7-9-15(10-8-14)30(22(25)32)20-12-11-16(31(33)34)13-18(20)24/h11-15H,3-10H2,1-2H3,(H2,25,32)(H,26,27,28). The van der Waals surface area contributed by atoms with Gasteiger partial charge in [0.15, 0.2) is 0 Å². The Labute approximate surface area is 203 Å². The maximum Gasteiger partial charge on any atom is 0.319 e. The van der Waals surface area contributed by atoms with E-state index in [0.29, 0.717) is 24.5 Å². The zero-order valence-corrected chi connectivity index (χ0v) is 20.2. The van der Waals surface area contributed by atoms with Crippen LogP contribution in [0.1, 0.15) is 49.8 Å². The summed E-state index contributed by atoms with van der Waals surface area (Å²) < 4.78 is 0. The Morgan fingerprint density at radius 3 is 2.50 bits per heavy atom. The van der Waals surface area contributed by atoms with Gasteiger partial charge in [0, 0.05) is 43.9 Å². The van der Waals surface area contributed by atoms with Gasteiger partial charge in [0.2, 0.25) is 5.95 Å². The maximum absolute atomic E-state index is 12.3. The minimum Gasteiger partial charge on any atom is -0.362 e. The van der Waals surface area contributed by atoms with Crippen LogP contribution < -0.4 is 20.9 Å². The van der Waals surface area contributed by atoms with Crippen molar-refractivity contribution in [3.63, 3.8) is 0 Å². The van der Waals surface area contributed by atoms with Crippen LogP contribution in [0.3, 0.4) is 0 Å². The summed E-state index contributed by atoms with van der Waals surface area (Å²) in [7, 11) is 4.02. The van der Waals surface area contributed by atoms with E-state index < -0.39 is 11.0 Å². The van der Waals surface area contributed by atoms with Gasteiger partial charge in [-0.15, -0.1) is 0 Å². The molecule has 11 heteroatoms. The summed E-state index contributed by atoms with van der Waals surface area (Å²) >= 11 is 6.28. The maximum atomic E-state index is 12.3. The molecule has 1 fully saturated rings. The second kappa shape index (κ2) is 10.0. The largest absolute Gasteiger partial charge is 0.362 e. The fourth-order valence-electron chi connectivity index (χ4n) is 4.97. The summed E-state index contributed by atoms with van der Waals surface area (Å²) in [6.07, 6.45) is 7.33. The van der Waals surface area contributed by atoms with E-state index in [2.05, 4.69) is 5.32 Å². The molecule has 1 aromatic heterocycles. The number of amides is 2. The van der Waals surface area contributed by atoms with E-state index in [0.717, 1.165) is 43.6 Å². The molecule has 2 aliphatic carbocycles. The highest BCUT2D eigenvalue weighted by Gasteiger charge is 2.31. The van der Waals surface area contributed by atoms with E-state index in [1.807, 2.05) is 19.0 Å². The summed E-state index contributed by atoms with van der Waals surface area (Å²) in [4.78, 5) is 35.9. The summed E-state index contributed by atoms with van der Waals surface area (Å²) in [6, 6.07) is 3.47. The highest BCUT2D eigenvalue weighted by atomic mass is 35.5. The number of anilines is 3. The molecule has 3 N–H and O–H groups in total. The van der Waals surface area contributed by atoms with E-state index in [1.165, 1.54) is 35.1 Å². The van der Waals surface area contributed by atoms with Crippen molar-refractivity contribution in [3.05, 3.63) is 44.6 Å². The molecule has 10 nitrogen and oxygen atoms in total. The van der Waals surface area contributed by atoms with Gasteiger partial charge in [-0.2, -0.15) is 4.98 Å². The van der Waals surface area contributed by atoms with E-state index in [9.17, 15) is 14.9 Å². The van der Waals surface area contributed by atoms with Crippen molar-refractivity contribution >= 4 is 40.8 Å². The van der Waals surface area contributed by atoms with Crippen molar-refractivity contribution in [2.24, 2.45) is 5.73 Å². The molecule has 0 atom stereocenters. The number of carbonyl (C=O) groups excluding carboxylic acids is 1. The molecule has 1 saturated carbocycles. The zero-order chi connectivity index (χ0) is 24.4. The first-order valence-corrected chi connectivity index (χ1v) is 12.0. The third-order valence-corrected chi connectivity index (χ3v) is 6.92. The van der Waals surface area contributed by atoms with Crippen LogP contribution in [0.2, 0.25) is 5.02 Å². The number of carbonyl (C=O) groups is 1. The first-order chi connectivity index (χ1) is 16.2. The smallest absolute Gasteiger partial charge is 0.319 e. The quantitative estimate of drug-likeness (QED) is 0.459. The van der Waals surface area contributed by atoms with Crippen LogP contribution in [0, 0.1) is 10.1 Å². The van der Waals surface area contributed by atoms with Gasteiger partial charge in [0.1, 0.15) is 5.82 Å². The van der Waals surface area contributed by atoms with Crippen molar-refractivity contribution < 1.29 is 9.72 Å². The third kappa shape index (κ3) is 5.01. The molecule has 0 radical (unpaired) electrons. The minimum absolute atomic E-state index is 0.131. The fraction of sp³-hybridized carbons (Fsp3) is 0.522. The molecule has 4 rings (SSSR count). The molecule has 0 unspecified atom stereocenters.